The largest absolute Gasteiger partial charge is 0.493 e. The topological polar surface area (TPSA) is 18.5 Å². The van der Waals surface area contributed by atoms with Gasteiger partial charge in [-0.1, -0.05) is 277 Å². The van der Waals surface area contributed by atoms with Gasteiger partial charge in [-0.15, -0.1) is 0 Å². The molecule has 54 heavy (non-hydrogen) atoms. The smallest absolute Gasteiger partial charge is 0.122 e. The molecule has 0 atom stereocenters. The Balaban J connectivity index is 1.78. The highest BCUT2D eigenvalue weighted by Crippen LogP contribution is 2.21. The van der Waals surface area contributed by atoms with Crippen LogP contribution in [0.2, 0.25) is 0 Å². The summed E-state index contributed by atoms with van der Waals surface area (Å²) in [5.41, 5.74) is 0. The molecule has 0 fully saturated rings. The molecule has 2 heteroatoms. The van der Waals surface area contributed by atoms with Crippen LogP contribution in [0.25, 0.3) is 0 Å². The van der Waals surface area contributed by atoms with Gasteiger partial charge in [0.2, 0.25) is 0 Å². The molecule has 0 N–H and O–H groups in total. The van der Waals surface area contributed by atoms with E-state index in [1.807, 2.05) is 0 Å². The van der Waals surface area contributed by atoms with Crippen LogP contribution in [0.3, 0.4) is 0 Å². The van der Waals surface area contributed by atoms with Gasteiger partial charge in [0.25, 0.3) is 0 Å². The fourth-order valence-corrected chi connectivity index (χ4v) is 8.10. The second-order valence-electron chi connectivity index (χ2n) is 17.3. The molecule has 2 nitrogen and oxygen atoms in total. The van der Waals surface area contributed by atoms with E-state index in [0.29, 0.717) is 0 Å². The fourth-order valence-electron chi connectivity index (χ4n) is 8.10. The Labute approximate surface area is 340 Å². The second-order valence-corrected chi connectivity index (χ2v) is 17.3. The monoisotopic (exact) mass is 755 g/mol. The van der Waals surface area contributed by atoms with Gasteiger partial charge in [0.1, 0.15) is 11.5 Å². The minimum atomic E-state index is 0.821. The average molecular weight is 755 g/mol. The first-order valence-electron chi connectivity index (χ1n) is 25.2. The van der Waals surface area contributed by atoms with E-state index >= 15 is 0 Å². The Morgan fingerprint density at radius 1 is 0.259 bits per heavy atom. The zero-order chi connectivity index (χ0) is 38.5. The molecule has 1 rings (SSSR count). The van der Waals surface area contributed by atoms with Crippen molar-refractivity contribution in [3.8, 4) is 11.5 Å². The van der Waals surface area contributed by atoms with Gasteiger partial charge in [-0.3, -0.25) is 0 Å². The molecule has 0 saturated heterocycles. The highest BCUT2D eigenvalue weighted by Gasteiger charge is 2.01. The minimum Gasteiger partial charge on any atom is -0.493 e. The Morgan fingerprint density at radius 3 is 0.648 bits per heavy atom. The maximum absolute atomic E-state index is 6.06. The lowest BCUT2D eigenvalue weighted by molar-refractivity contribution is 0.289. The molecule has 0 aliphatic heterocycles. The molecule has 0 unspecified atom stereocenters. The van der Waals surface area contributed by atoms with Crippen LogP contribution in [0.5, 0.6) is 11.5 Å². The number of ether oxygens (including phenoxy) is 2. The second kappa shape index (κ2) is 44.5. The SMILES string of the molecule is CCCCCCCCCCCCCCCCCCCCCCCOc1cccc(OCCCCCCCCCCCCCCCCCCCCCCC)c1. The van der Waals surface area contributed by atoms with Crippen molar-refractivity contribution < 1.29 is 9.47 Å². The highest BCUT2D eigenvalue weighted by atomic mass is 16.5. The first-order valence-corrected chi connectivity index (χ1v) is 25.2. The van der Waals surface area contributed by atoms with E-state index in [9.17, 15) is 0 Å². The molecule has 0 radical (unpaired) electrons. The van der Waals surface area contributed by atoms with Crippen LogP contribution in [-0.4, -0.2) is 13.2 Å². The third kappa shape index (κ3) is 39.1. The lowest BCUT2D eigenvalue weighted by Crippen LogP contribution is -2.00. The molecule has 0 saturated carbocycles. The molecule has 0 aliphatic rings. The van der Waals surface area contributed by atoms with Gasteiger partial charge in [-0.2, -0.15) is 0 Å². The van der Waals surface area contributed by atoms with Gasteiger partial charge >= 0.3 is 0 Å². The number of unbranched alkanes of at least 4 members (excludes halogenated alkanes) is 40. The van der Waals surface area contributed by atoms with Crippen molar-refractivity contribution in [1.82, 2.24) is 0 Å². The van der Waals surface area contributed by atoms with Crippen LogP contribution in [0.4, 0.5) is 0 Å². The summed E-state index contributed by atoms with van der Waals surface area (Å²) in [6.45, 7) is 6.25. The van der Waals surface area contributed by atoms with E-state index in [0.717, 1.165) is 37.6 Å². The van der Waals surface area contributed by atoms with E-state index in [2.05, 4.69) is 38.1 Å². The molecular formula is C52H98O2. The number of hydrogen-bond donors (Lipinski definition) is 0. The number of rotatable bonds is 46. The molecule has 318 valence electrons. The van der Waals surface area contributed by atoms with Gasteiger partial charge in [-0.05, 0) is 25.0 Å². The molecule has 0 heterocycles. The van der Waals surface area contributed by atoms with Crippen LogP contribution in [0.1, 0.15) is 284 Å². The summed E-state index contributed by atoms with van der Waals surface area (Å²) in [4.78, 5) is 0. The van der Waals surface area contributed by atoms with Crippen molar-refractivity contribution in [2.45, 2.75) is 284 Å². The van der Waals surface area contributed by atoms with Crippen LogP contribution in [0.15, 0.2) is 24.3 Å². The quantitative estimate of drug-likeness (QED) is 0.0617. The Morgan fingerprint density at radius 2 is 0.444 bits per heavy atom. The van der Waals surface area contributed by atoms with E-state index in [-0.39, 0.29) is 0 Å². The van der Waals surface area contributed by atoms with Gasteiger partial charge in [-0.25, -0.2) is 0 Å². The van der Waals surface area contributed by atoms with Crippen LogP contribution in [0, 0.1) is 0 Å². The zero-order valence-electron chi connectivity index (χ0n) is 37.2. The van der Waals surface area contributed by atoms with Crippen LogP contribution < -0.4 is 9.47 Å². The van der Waals surface area contributed by atoms with Crippen molar-refractivity contribution in [1.29, 1.82) is 0 Å². The van der Waals surface area contributed by atoms with Gasteiger partial charge < -0.3 is 9.47 Å². The summed E-state index contributed by atoms with van der Waals surface area (Å²) in [5, 5.41) is 0. The lowest BCUT2D eigenvalue weighted by atomic mass is 10.0. The maximum atomic E-state index is 6.06. The molecular weight excluding hydrogens is 657 g/mol. The van der Waals surface area contributed by atoms with E-state index in [4.69, 9.17) is 9.47 Å². The highest BCUT2D eigenvalue weighted by molar-refractivity contribution is 5.32. The van der Waals surface area contributed by atoms with Gasteiger partial charge in [0.05, 0.1) is 13.2 Å². The summed E-state index contributed by atoms with van der Waals surface area (Å²) in [6.07, 6.45) is 59.8. The summed E-state index contributed by atoms with van der Waals surface area (Å²) < 4.78 is 12.1. The molecule has 0 spiro atoms. The maximum Gasteiger partial charge on any atom is 0.122 e. The van der Waals surface area contributed by atoms with Crippen molar-refractivity contribution >= 4 is 0 Å². The van der Waals surface area contributed by atoms with Gasteiger partial charge in [0, 0.05) is 6.07 Å². The summed E-state index contributed by atoms with van der Waals surface area (Å²) in [6, 6.07) is 8.29. The zero-order valence-corrected chi connectivity index (χ0v) is 37.2. The van der Waals surface area contributed by atoms with Crippen molar-refractivity contribution in [2.75, 3.05) is 13.2 Å². The lowest BCUT2D eigenvalue weighted by Gasteiger charge is -2.10. The molecule has 1 aromatic rings. The molecule has 1 aromatic carbocycles. The normalized spacial score (nSPS) is 11.4. The Bertz CT molecular complexity index is 757. The minimum absolute atomic E-state index is 0.821. The predicted octanol–water partition coefficient (Wildman–Crippen LogP) is 18.9. The van der Waals surface area contributed by atoms with Crippen molar-refractivity contribution in [2.24, 2.45) is 0 Å². The number of hydrogen-bond acceptors (Lipinski definition) is 2. The predicted molar refractivity (Wildman–Crippen MR) is 243 cm³/mol. The van der Waals surface area contributed by atoms with Crippen LogP contribution >= 0.6 is 0 Å². The van der Waals surface area contributed by atoms with Crippen LogP contribution in [-0.2, 0) is 0 Å². The summed E-state index contributed by atoms with van der Waals surface area (Å²) in [7, 11) is 0. The Hall–Kier alpha value is -1.18. The summed E-state index contributed by atoms with van der Waals surface area (Å²) in [5.74, 6) is 1.92. The number of benzene rings is 1. The van der Waals surface area contributed by atoms with E-state index in [1.54, 1.807) is 0 Å². The molecule has 0 aliphatic carbocycles. The van der Waals surface area contributed by atoms with Crippen molar-refractivity contribution in [3.05, 3.63) is 24.3 Å². The third-order valence-electron chi connectivity index (χ3n) is 11.8. The summed E-state index contributed by atoms with van der Waals surface area (Å²) >= 11 is 0. The van der Waals surface area contributed by atoms with Crippen molar-refractivity contribution in [3.63, 3.8) is 0 Å². The molecule has 0 bridgehead atoms. The first kappa shape index (κ1) is 50.8. The standard InChI is InChI=1S/C52H98O2/c1-3-5-7-9-11-13-15-17-19-21-23-25-27-29-31-33-35-37-39-41-43-48-53-51-46-45-47-52(50-51)54-49-44-42-40-38-36-34-32-30-28-26-24-22-20-18-16-14-12-10-8-6-4-2/h45-47,50H,3-44,48-49H2,1-2H3. The third-order valence-corrected chi connectivity index (χ3v) is 11.8. The Kier molecular flexibility index (Phi) is 41.9. The molecule has 0 amide bonds. The van der Waals surface area contributed by atoms with E-state index in [1.165, 1.54) is 257 Å². The van der Waals surface area contributed by atoms with E-state index < -0.39 is 0 Å². The van der Waals surface area contributed by atoms with Gasteiger partial charge in [0.15, 0.2) is 0 Å². The fraction of sp³-hybridized carbons (Fsp3) is 0.885. The average Bonchev–Trinajstić information content (AvgIpc) is 3.19. The first-order chi connectivity index (χ1) is 26.9. The molecule has 0 aromatic heterocycles.